The second-order valence-corrected chi connectivity index (χ2v) is 5.32. The Hall–Kier alpha value is -2.41. The maximum absolute atomic E-state index is 13.0. The molecule has 0 saturated carbocycles. The molecule has 0 aliphatic carbocycles. The van der Waals surface area contributed by atoms with E-state index in [9.17, 15) is 9.18 Å². The van der Waals surface area contributed by atoms with Crippen LogP contribution in [0.25, 0.3) is 0 Å². The van der Waals surface area contributed by atoms with Gasteiger partial charge in [-0.2, -0.15) is 5.10 Å². The van der Waals surface area contributed by atoms with Crippen molar-refractivity contribution in [2.75, 3.05) is 29.9 Å². The summed E-state index contributed by atoms with van der Waals surface area (Å²) >= 11 is 0. The first kappa shape index (κ1) is 14.5. The SMILES string of the molecule is Cn1cc(NC(=O)C2CN(c3ccc(F)cc3)CCN2)cn1. The van der Waals surface area contributed by atoms with E-state index in [1.54, 1.807) is 36.3 Å². The zero-order valence-corrected chi connectivity index (χ0v) is 12.3. The number of hydrogen-bond donors (Lipinski definition) is 2. The van der Waals surface area contributed by atoms with Gasteiger partial charge in [0.25, 0.3) is 0 Å². The van der Waals surface area contributed by atoms with Crippen LogP contribution in [0.2, 0.25) is 0 Å². The number of carbonyl (C=O) groups excluding carboxylic acids is 1. The minimum absolute atomic E-state index is 0.0974. The molecule has 1 amide bonds. The fourth-order valence-corrected chi connectivity index (χ4v) is 2.53. The van der Waals surface area contributed by atoms with Crippen LogP contribution in [0.15, 0.2) is 36.7 Å². The van der Waals surface area contributed by atoms with Crippen molar-refractivity contribution in [1.82, 2.24) is 15.1 Å². The Bertz CT molecular complexity index is 654. The van der Waals surface area contributed by atoms with E-state index in [0.29, 0.717) is 18.8 Å². The van der Waals surface area contributed by atoms with Crippen molar-refractivity contribution < 1.29 is 9.18 Å². The summed E-state index contributed by atoms with van der Waals surface area (Å²) in [5, 5.41) is 10.1. The van der Waals surface area contributed by atoms with E-state index in [0.717, 1.165) is 12.2 Å². The lowest BCUT2D eigenvalue weighted by Gasteiger charge is -2.34. The Labute approximate surface area is 127 Å². The number of anilines is 2. The molecule has 3 rings (SSSR count). The van der Waals surface area contributed by atoms with E-state index in [-0.39, 0.29) is 17.8 Å². The van der Waals surface area contributed by atoms with Crippen LogP contribution in [-0.4, -0.2) is 41.4 Å². The summed E-state index contributed by atoms with van der Waals surface area (Å²) in [4.78, 5) is 14.4. The molecule has 6 nitrogen and oxygen atoms in total. The van der Waals surface area contributed by atoms with Gasteiger partial charge >= 0.3 is 0 Å². The smallest absolute Gasteiger partial charge is 0.243 e. The maximum Gasteiger partial charge on any atom is 0.243 e. The largest absolute Gasteiger partial charge is 0.368 e. The quantitative estimate of drug-likeness (QED) is 0.887. The molecule has 1 fully saturated rings. The number of rotatable bonds is 3. The molecule has 1 saturated heterocycles. The molecule has 116 valence electrons. The Morgan fingerprint density at radius 3 is 2.86 bits per heavy atom. The molecule has 7 heteroatoms. The summed E-state index contributed by atoms with van der Waals surface area (Å²) < 4.78 is 14.6. The first-order valence-electron chi connectivity index (χ1n) is 7.15. The number of aromatic nitrogens is 2. The average Bonchev–Trinajstić information content (AvgIpc) is 2.93. The third-order valence-corrected chi connectivity index (χ3v) is 3.66. The molecular weight excluding hydrogens is 285 g/mol. The number of amides is 1. The van der Waals surface area contributed by atoms with Gasteiger partial charge in [0.2, 0.25) is 5.91 Å². The monoisotopic (exact) mass is 303 g/mol. The first-order valence-corrected chi connectivity index (χ1v) is 7.15. The summed E-state index contributed by atoms with van der Waals surface area (Å²) in [5.41, 5.74) is 1.59. The number of carbonyl (C=O) groups is 1. The van der Waals surface area contributed by atoms with Crippen LogP contribution in [0.1, 0.15) is 0 Å². The Balaban J connectivity index is 1.64. The summed E-state index contributed by atoms with van der Waals surface area (Å²) in [6.45, 7) is 2.02. The number of aryl methyl sites for hydroxylation is 1. The van der Waals surface area contributed by atoms with Gasteiger partial charge in [0, 0.05) is 38.6 Å². The lowest BCUT2D eigenvalue weighted by Crippen LogP contribution is -2.55. The third-order valence-electron chi connectivity index (χ3n) is 3.66. The van der Waals surface area contributed by atoms with Gasteiger partial charge in [0.05, 0.1) is 11.9 Å². The molecule has 0 spiro atoms. The van der Waals surface area contributed by atoms with Gasteiger partial charge in [-0.3, -0.25) is 9.48 Å². The van der Waals surface area contributed by atoms with Crippen molar-refractivity contribution >= 4 is 17.3 Å². The highest BCUT2D eigenvalue weighted by atomic mass is 19.1. The van der Waals surface area contributed by atoms with Gasteiger partial charge in [0.15, 0.2) is 0 Å². The van der Waals surface area contributed by atoms with Crippen LogP contribution in [0.5, 0.6) is 0 Å². The normalized spacial score (nSPS) is 18.3. The highest BCUT2D eigenvalue weighted by Crippen LogP contribution is 2.17. The number of piperazine rings is 1. The zero-order valence-electron chi connectivity index (χ0n) is 12.3. The predicted molar refractivity (Wildman–Crippen MR) is 82.2 cm³/mol. The van der Waals surface area contributed by atoms with Crippen molar-refractivity contribution in [1.29, 1.82) is 0 Å². The second kappa shape index (κ2) is 6.15. The molecule has 1 aliphatic heterocycles. The van der Waals surface area contributed by atoms with E-state index in [1.807, 2.05) is 0 Å². The molecule has 1 aromatic carbocycles. The lowest BCUT2D eigenvalue weighted by molar-refractivity contribution is -0.118. The number of hydrogen-bond acceptors (Lipinski definition) is 4. The van der Waals surface area contributed by atoms with Crippen LogP contribution >= 0.6 is 0 Å². The zero-order chi connectivity index (χ0) is 15.5. The summed E-state index contributed by atoms with van der Waals surface area (Å²) in [6.07, 6.45) is 3.36. The number of halogens is 1. The van der Waals surface area contributed by atoms with Crippen LogP contribution in [0.4, 0.5) is 15.8 Å². The maximum atomic E-state index is 13.0. The van der Waals surface area contributed by atoms with Gasteiger partial charge in [0.1, 0.15) is 11.9 Å². The molecule has 1 unspecified atom stereocenters. The predicted octanol–water partition coefficient (Wildman–Crippen LogP) is 0.976. The second-order valence-electron chi connectivity index (χ2n) is 5.32. The molecule has 0 radical (unpaired) electrons. The topological polar surface area (TPSA) is 62.2 Å². The Morgan fingerprint density at radius 2 is 2.18 bits per heavy atom. The fraction of sp³-hybridized carbons (Fsp3) is 0.333. The molecule has 2 N–H and O–H groups in total. The number of nitrogens with zero attached hydrogens (tertiary/aromatic N) is 3. The first-order chi connectivity index (χ1) is 10.6. The molecule has 1 aromatic heterocycles. The summed E-state index contributed by atoms with van der Waals surface area (Å²) in [5.74, 6) is -0.357. The van der Waals surface area contributed by atoms with Crippen molar-refractivity contribution in [2.45, 2.75) is 6.04 Å². The third kappa shape index (κ3) is 3.25. The van der Waals surface area contributed by atoms with Gasteiger partial charge in [-0.25, -0.2) is 4.39 Å². The van der Waals surface area contributed by atoms with E-state index in [2.05, 4.69) is 20.6 Å². The molecule has 1 atom stereocenters. The summed E-state index contributed by atoms with van der Waals surface area (Å²) in [6, 6.07) is 6.01. The molecular formula is C15H18FN5O. The van der Waals surface area contributed by atoms with Crippen molar-refractivity contribution in [3.63, 3.8) is 0 Å². The molecule has 1 aliphatic rings. The van der Waals surface area contributed by atoms with Crippen molar-refractivity contribution in [2.24, 2.45) is 7.05 Å². The van der Waals surface area contributed by atoms with E-state index in [1.165, 1.54) is 12.1 Å². The van der Waals surface area contributed by atoms with Crippen LogP contribution in [-0.2, 0) is 11.8 Å². The van der Waals surface area contributed by atoms with Crippen molar-refractivity contribution in [3.8, 4) is 0 Å². The number of benzene rings is 1. The van der Waals surface area contributed by atoms with Gasteiger partial charge in [-0.05, 0) is 24.3 Å². The summed E-state index contributed by atoms with van der Waals surface area (Å²) in [7, 11) is 1.80. The highest BCUT2D eigenvalue weighted by molar-refractivity contribution is 5.95. The molecule has 2 aromatic rings. The van der Waals surface area contributed by atoms with Crippen molar-refractivity contribution in [3.05, 3.63) is 42.5 Å². The Morgan fingerprint density at radius 1 is 1.41 bits per heavy atom. The van der Waals surface area contributed by atoms with Crippen LogP contribution in [0, 0.1) is 5.82 Å². The standard InChI is InChI=1S/C15H18FN5O/c1-20-9-12(8-18-20)19-15(22)14-10-21(7-6-17-14)13-4-2-11(16)3-5-13/h2-5,8-9,14,17H,6-7,10H2,1H3,(H,19,22). The fourth-order valence-electron chi connectivity index (χ4n) is 2.53. The molecule has 0 bridgehead atoms. The average molecular weight is 303 g/mol. The molecule has 22 heavy (non-hydrogen) atoms. The molecule has 2 heterocycles. The van der Waals surface area contributed by atoms with Crippen LogP contribution < -0.4 is 15.5 Å². The van der Waals surface area contributed by atoms with Gasteiger partial charge in [-0.15, -0.1) is 0 Å². The van der Waals surface area contributed by atoms with Crippen LogP contribution in [0.3, 0.4) is 0 Å². The van der Waals surface area contributed by atoms with E-state index in [4.69, 9.17) is 0 Å². The van der Waals surface area contributed by atoms with Gasteiger partial charge < -0.3 is 15.5 Å². The number of nitrogens with one attached hydrogen (secondary N) is 2. The van der Waals surface area contributed by atoms with Gasteiger partial charge in [-0.1, -0.05) is 0 Å². The minimum Gasteiger partial charge on any atom is -0.368 e. The minimum atomic E-state index is -0.320. The highest BCUT2D eigenvalue weighted by Gasteiger charge is 2.25. The van der Waals surface area contributed by atoms with E-state index < -0.39 is 0 Å². The lowest BCUT2D eigenvalue weighted by atomic mass is 10.1. The Kier molecular flexibility index (Phi) is 4.06. The van der Waals surface area contributed by atoms with E-state index >= 15 is 0 Å².